The standard InChI is InChI=1S/C27H37N3O3/c1-2-3-4-5-6-7-8-9-13-19-26(31)28-22-27(32)30-29-21-23-15-14-18-25(20-23)33-24-16-11-10-12-17-24/h10-12,14-18,20-21H,2-9,13,19,22H2,1H3,(H,28,31)(H,30,32). The van der Waals surface area contributed by atoms with Crippen molar-refractivity contribution in [1.29, 1.82) is 0 Å². The maximum absolute atomic E-state index is 11.9. The van der Waals surface area contributed by atoms with E-state index in [0.717, 1.165) is 24.2 Å². The number of para-hydroxylation sites is 1. The fourth-order valence-corrected chi connectivity index (χ4v) is 3.36. The van der Waals surface area contributed by atoms with Gasteiger partial charge in [-0.25, -0.2) is 5.43 Å². The zero-order chi connectivity index (χ0) is 23.6. The molecule has 2 amide bonds. The predicted molar refractivity (Wildman–Crippen MR) is 134 cm³/mol. The lowest BCUT2D eigenvalue weighted by Crippen LogP contribution is -2.34. The minimum Gasteiger partial charge on any atom is -0.457 e. The summed E-state index contributed by atoms with van der Waals surface area (Å²) >= 11 is 0. The fraction of sp³-hybridized carbons (Fsp3) is 0.444. The van der Waals surface area contributed by atoms with Crippen LogP contribution in [0.3, 0.4) is 0 Å². The molecule has 0 heterocycles. The highest BCUT2D eigenvalue weighted by atomic mass is 16.5. The van der Waals surface area contributed by atoms with Crippen LogP contribution in [0.5, 0.6) is 11.5 Å². The second-order valence-corrected chi connectivity index (χ2v) is 8.14. The Labute approximate surface area is 197 Å². The third-order valence-electron chi connectivity index (χ3n) is 5.19. The number of carbonyl (C=O) groups excluding carboxylic acids is 2. The average Bonchev–Trinajstić information content (AvgIpc) is 2.82. The fourth-order valence-electron chi connectivity index (χ4n) is 3.36. The van der Waals surface area contributed by atoms with E-state index in [0.29, 0.717) is 12.2 Å². The van der Waals surface area contributed by atoms with Gasteiger partial charge >= 0.3 is 0 Å². The van der Waals surface area contributed by atoms with Gasteiger partial charge in [-0.05, 0) is 36.2 Å². The van der Waals surface area contributed by atoms with E-state index in [2.05, 4.69) is 22.8 Å². The van der Waals surface area contributed by atoms with E-state index in [1.807, 2.05) is 54.6 Å². The first-order valence-electron chi connectivity index (χ1n) is 12.1. The largest absolute Gasteiger partial charge is 0.457 e. The van der Waals surface area contributed by atoms with Crippen molar-refractivity contribution in [3.63, 3.8) is 0 Å². The first kappa shape index (κ1) is 26.1. The van der Waals surface area contributed by atoms with E-state index in [4.69, 9.17) is 4.74 Å². The highest BCUT2D eigenvalue weighted by Gasteiger charge is 2.05. The monoisotopic (exact) mass is 451 g/mol. The van der Waals surface area contributed by atoms with Gasteiger partial charge in [0.05, 0.1) is 12.8 Å². The Kier molecular flexibility index (Phi) is 13.0. The third-order valence-corrected chi connectivity index (χ3v) is 5.19. The van der Waals surface area contributed by atoms with E-state index in [1.165, 1.54) is 44.9 Å². The molecular weight excluding hydrogens is 414 g/mol. The molecular formula is C27H37N3O3. The van der Waals surface area contributed by atoms with Gasteiger partial charge in [-0.1, -0.05) is 88.6 Å². The highest BCUT2D eigenvalue weighted by molar-refractivity contribution is 5.86. The topological polar surface area (TPSA) is 79.8 Å². The van der Waals surface area contributed by atoms with Crippen LogP contribution in [-0.2, 0) is 9.59 Å². The van der Waals surface area contributed by atoms with Crippen LogP contribution in [0.15, 0.2) is 59.7 Å². The van der Waals surface area contributed by atoms with Gasteiger partial charge in [0, 0.05) is 6.42 Å². The number of hydrazone groups is 1. The Morgan fingerprint density at radius 2 is 1.48 bits per heavy atom. The third kappa shape index (κ3) is 12.5. The van der Waals surface area contributed by atoms with Crippen LogP contribution in [-0.4, -0.2) is 24.6 Å². The lowest BCUT2D eigenvalue weighted by molar-refractivity contribution is -0.126. The van der Waals surface area contributed by atoms with Crippen molar-refractivity contribution < 1.29 is 14.3 Å². The highest BCUT2D eigenvalue weighted by Crippen LogP contribution is 2.21. The van der Waals surface area contributed by atoms with Crippen molar-refractivity contribution in [2.45, 2.75) is 71.1 Å². The Balaban J connectivity index is 1.56. The SMILES string of the molecule is CCCCCCCCCCCC(=O)NCC(=O)NN=Cc1cccc(Oc2ccccc2)c1. The van der Waals surface area contributed by atoms with Crippen LogP contribution in [0, 0.1) is 0 Å². The molecule has 0 radical (unpaired) electrons. The number of ether oxygens (including phenoxy) is 1. The number of nitrogens with one attached hydrogen (secondary N) is 2. The molecule has 0 saturated carbocycles. The van der Waals surface area contributed by atoms with Crippen LogP contribution < -0.4 is 15.5 Å². The molecule has 33 heavy (non-hydrogen) atoms. The summed E-state index contributed by atoms with van der Waals surface area (Å²) in [5.74, 6) is 0.976. The van der Waals surface area contributed by atoms with Crippen molar-refractivity contribution in [3.8, 4) is 11.5 Å². The van der Waals surface area contributed by atoms with E-state index < -0.39 is 0 Å². The van der Waals surface area contributed by atoms with E-state index in [9.17, 15) is 9.59 Å². The molecule has 6 nitrogen and oxygen atoms in total. The molecule has 178 valence electrons. The first-order chi connectivity index (χ1) is 16.2. The Morgan fingerprint density at radius 3 is 2.21 bits per heavy atom. The van der Waals surface area contributed by atoms with Crippen molar-refractivity contribution in [3.05, 3.63) is 60.2 Å². The van der Waals surface area contributed by atoms with Crippen molar-refractivity contribution >= 4 is 18.0 Å². The number of amides is 2. The average molecular weight is 452 g/mol. The van der Waals surface area contributed by atoms with Crippen molar-refractivity contribution in [2.24, 2.45) is 5.10 Å². The van der Waals surface area contributed by atoms with Crippen molar-refractivity contribution in [2.75, 3.05) is 6.54 Å². The maximum atomic E-state index is 11.9. The molecule has 0 saturated heterocycles. The Hall–Kier alpha value is -3.15. The minimum atomic E-state index is -0.358. The van der Waals surface area contributed by atoms with Crippen LogP contribution in [0.1, 0.15) is 76.7 Å². The smallest absolute Gasteiger partial charge is 0.259 e. The van der Waals surface area contributed by atoms with Gasteiger partial charge in [0.15, 0.2) is 0 Å². The number of carbonyl (C=O) groups is 2. The quantitative estimate of drug-likeness (QED) is 0.188. The van der Waals surface area contributed by atoms with Gasteiger partial charge in [-0.15, -0.1) is 0 Å². The summed E-state index contributed by atoms with van der Waals surface area (Å²) in [5.41, 5.74) is 3.23. The van der Waals surface area contributed by atoms with Gasteiger partial charge in [0.25, 0.3) is 5.91 Å². The molecule has 0 aliphatic carbocycles. The van der Waals surface area contributed by atoms with Gasteiger partial charge in [-0.3, -0.25) is 9.59 Å². The molecule has 2 N–H and O–H groups in total. The maximum Gasteiger partial charge on any atom is 0.259 e. The summed E-state index contributed by atoms with van der Waals surface area (Å²) in [4.78, 5) is 23.8. The van der Waals surface area contributed by atoms with Gasteiger partial charge in [-0.2, -0.15) is 5.10 Å². The number of benzene rings is 2. The predicted octanol–water partition coefficient (Wildman–Crippen LogP) is 5.97. The zero-order valence-electron chi connectivity index (χ0n) is 19.7. The Bertz CT molecular complexity index is 853. The number of nitrogens with zero attached hydrogens (tertiary/aromatic N) is 1. The summed E-state index contributed by atoms with van der Waals surface area (Å²) in [6.07, 6.45) is 12.9. The number of unbranched alkanes of at least 4 members (excludes halogenated alkanes) is 8. The number of hydrogen-bond donors (Lipinski definition) is 2. The molecule has 0 bridgehead atoms. The molecule has 6 heteroatoms. The molecule has 0 fully saturated rings. The van der Waals surface area contributed by atoms with Crippen LogP contribution in [0.25, 0.3) is 0 Å². The Morgan fingerprint density at radius 1 is 0.818 bits per heavy atom. The van der Waals surface area contributed by atoms with Gasteiger partial charge < -0.3 is 10.1 Å². The minimum absolute atomic E-state index is 0.0786. The molecule has 0 spiro atoms. The van der Waals surface area contributed by atoms with E-state index in [1.54, 1.807) is 6.21 Å². The summed E-state index contributed by atoms with van der Waals surface area (Å²) in [6.45, 7) is 2.15. The zero-order valence-corrected chi connectivity index (χ0v) is 19.7. The first-order valence-corrected chi connectivity index (χ1v) is 12.1. The second kappa shape index (κ2) is 16.5. The molecule has 0 aromatic heterocycles. The van der Waals surface area contributed by atoms with Crippen LogP contribution >= 0.6 is 0 Å². The molecule has 0 atom stereocenters. The summed E-state index contributed by atoms with van der Waals surface area (Å²) < 4.78 is 5.79. The van der Waals surface area contributed by atoms with Gasteiger partial charge in [0.1, 0.15) is 11.5 Å². The summed E-state index contributed by atoms with van der Waals surface area (Å²) in [5, 5.41) is 6.61. The molecule has 2 rings (SSSR count). The van der Waals surface area contributed by atoms with Gasteiger partial charge in [0.2, 0.25) is 5.91 Å². The van der Waals surface area contributed by atoms with Crippen LogP contribution in [0.2, 0.25) is 0 Å². The second-order valence-electron chi connectivity index (χ2n) is 8.14. The molecule has 0 unspecified atom stereocenters. The lowest BCUT2D eigenvalue weighted by atomic mass is 10.1. The van der Waals surface area contributed by atoms with E-state index >= 15 is 0 Å². The van der Waals surface area contributed by atoms with E-state index in [-0.39, 0.29) is 18.4 Å². The molecule has 0 aliphatic rings. The molecule has 2 aromatic carbocycles. The molecule has 2 aromatic rings. The summed E-state index contributed by atoms with van der Waals surface area (Å²) in [6, 6.07) is 16.9. The molecule has 0 aliphatic heterocycles. The summed E-state index contributed by atoms with van der Waals surface area (Å²) in [7, 11) is 0. The van der Waals surface area contributed by atoms with Crippen LogP contribution in [0.4, 0.5) is 0 Å². The van der Waals surface area contributed by atoms with Crippen molar-refractivity contribution in [1.82, 2.24) is 10.7 Å². The number of rotatable bonds is 16. The normalized spacial score (nSPS) is 10.8. The number of hydrogen-bond acceptors (Lipinski definition) is 4. The lowest BCUT2D eigenvalue weighted by Gasteiger charge is -2.06.